The number of carbonyl (C=O) groups is 1. The van der Waals surface area contributed by atoms with Crippen molar-refractivity contribution in [3.8, 4) is 0 Å². The number of H-pyrrole nitrogens is 1. The van der Waals surface area contributed by atoms with E-state index in [2.05, 4.69) is 9.97 Å². The molecule has 1 aromatic carbocycles. The average Bonchev–Trinajstić information content (AvgIpc) is 3.42. The summed E-state index contributed by atoms with van der Waals surface area (Å²) in [6.07, 6.45) is -3.05. The highest BCUT2D eigenvalue weighted by atomic mass is 19.4. The minimum atomic E-state index is -4.78. The van der Waals surface area contributed by atoms with E-state index >= 15 is 0 Å². The van der Waals surface area contributed by atoms with Crippen LogP contribution in [0.4, 0.5) is 17.6 Å². The summed E-state index contributed by atoms with van der Waals surface area (Å²) in [4.78, 5) is 31.4. The number of Topliss-reactive ketones (excluding diaryl/α,β-unsaturated/α-hetero) is 1. The lowest BCUT2D eigenvalue weighted by atomic mass is 9.83. The second-order valence-corrected chi connectivity index (χ2v) is 7.50. The van der Waals surface area contributed by atoms with E-state index in [1.807, 2.05) is 0 Å². The molecule has 1 fully saturated rings. The highest BCUT2D eigenvalue weighted by Gasteiger charge is 2.35. The van der Waals surface area contributed by atoms with Crippen molar-refractivity contribution >= 4 is 5.78 Å². The summed E-state index contributed by atoms with van der Waals surface area (Å²) < 4.78 is 52.3. The summed E-state index contributed by atoms with van der Waals surface area (Å²) in [6.45, 7) is 3.60. The fourth-order valence-corrected chi connectivity index (χ4v) is 3.20. The molecule has 28 heavy (non-hydrogen) atoms. The third-order valence-corrected chi connectivity index (χ3v) is 4.95. The lowest BCUT2D eigenvalue weighted by Crippen LogP contribution is -2.19. The molecule has 3 rings (SSSR count). The summed E-state index contributed by atoms with van der Waals surface area (Å²) in [5, 5.41) is 0. The molecule has 0 radical (unpaired) electrons. The predicted octanol–water partition coefficient (Wildman–Crippen LogP) is 4.82. The predicted molar refractivity (Wildman–Crippen MR) is 94.8 cm³/mol. The Bertz CT molecular complexity index is 946. The van der Waals surface area contributed by atoms with Crippen LogP contribution in [0, 0.1) is 11.7 Å². The Morgan fingerprint density at radius 3 is 2.46 bits per heavy atom. The maximum Gasteiger partial charge on any atom is 0.419 e. The van der Waals surface area contributed by atoms with Gasteiger partial charge in [-0.2, -0.15) is 13.2 Å². The van der Waals surface area contributed by atoms with Gasteiger partial charge in [-0.25, -0.2) is 9.37 Å². The molecule has 4 nitrogen and oxygen atoms in total. The van der Waals surface area contributed by atoms with Crippen LogP contribution in [0.1, 0.15) is 72.4 Å². The Morgan fingerprint density at radius 1 is 1.25 bits per heavy atom. The van der Waals surface area contributed by atoms with Gasteiger partial charge in [0, 0.05) is 18.4 Å². The SMILES string of the molecule is CC(C)[C@@H](CC(=O)c1cc(=O)[nH]c(C2CC2)n1)c1ccc(C(F)(F)F)c(F)c1. The second-order valence-electron chi connectivity index (χ2n) is 7.50. The molecule has 0 amide bonds. The van der Waals surface area contributed by atoms with Crippen molar-refractivity contribution in [3.05, 3.63) is 63.1 Å². The molecular formula is C20H20F4N2O2. The highest BCUT2D eigenvalue weighted by molar-refractivity contribution is 5.94. The van der Waals surface area contributed by atoms with Gasteiger partial charge in [0.2, 0.25) is 0 Å². The van der Waals surface area contributed by atoms with Crippen LogP contribution >= 0.6 is 0 Å². The lowest BCUT2D eigenvalue weighted by Gasteiger charge is -2.21. The van der Waals surface area contributed by atoms with Gasteiger partial charge in [-0.05, 0) is 42.4 Å². The number of carbonyl (C=O) groups excluding carboxylic acids is 1. The van der Waals surface area contributed by atoms with E-state index in [1.54, 1.807) is 13.8 Å². The Balaban J connectivity index is 1.87. The number of alkyl halides is 3. The summed E-state index contributed by atoms with van der Waals surface area (Å²) in [7, 11) is 0. The number of benzene rings is 1. The largest absolute Gasteiger partial charge is 0.419 e. The van der Waals surface area contributed by atoms with Crippen molar-refractivity contribution in [2.24, 2.45) is 5.92 Å². The molecule has 2 aromatic rings. The fraction of sp³-hybridized carbons (Fsp3) is 0.450. The zero-order valence-corrected chi connectivity index (χ0v) is 15.4. The van der Waals surface area contributed by atoms with Gasteiger partial charge in [0.15, 0.2) is 5.78 Å². The summed E-state index contributed by atoms with van der Waals surface area (Å²) in [5.41, 5.74) is -1.41. The molecule has 8 heteroatoms. The van der Waals surface area contributed by atoms with Gasteiger partial charge in [-0.1, -0.05) is 19.9 Å². The lowest BCUT2D eigenvalue weighted by molar-refractivity contribution is -0.140. The zero-order valence-electron chi connectivity index (χ0n) is 15.4. The van der Waals surface area contributed by atoms with Crippen molar-refractivity contribution < 1.29 is 22.4 Å². The number of halogens is 4. The molecule has 1 saturated carbocycles. The average molecular weight is 396 g/mol. The molecule has 0 bridgehead atoms. The molecular weight excluding hydrogens is 376 g/mol. The van der Waals surface area contributed by atoms with Gasteiger partial charge in [-0.3, -0.25) is 9.59 Å². The third-order valence-electron chi connectivity index (χ3n) is 4.95. The smallest absolute Gasteiger partial charge is 0.310 e. The quantitative estimate of drug-likeness (QED) is 0.563. The number of nitrogens with one attached hydrogen (secondary N) is 1. The van der Waals surface area contributed by atoms with Gasteiger partial charge in [0.1, 0.15) is 17.3 Å². The zero-order chi connectivity index (χ0) is 20.6. The maximum atomic E-state index is 14.0. The number of aromatic nitrogens is 2. The first-order chi connectivity index (χ1) is 13.1. The Hall–Kier alpha value is -2.51. The van der Waals surface area contributed by atoms with E-state index in [1.165, 1.54) is 6.07 Å². The van der Waals surface area contributed by atoms with Gasteiger partial charge < -0.3 is 4.98 Å². The van der Waals surface area contributed by atoms with Gasteiger partial charge in [0.25, 0.3) is 5.56 Å². The van der Waals surface area contributed by atoms with Crippen LogP contribution in [0.3, 0.4) is 0 Å². The topological polar surface area (TPSA) is 62.8 Å². The number of hydrogen-bond acceptors (Lipinski definition) is 3. The van der Waals surface area contributed by atoms with Crippen molar-refractivity contribution in [3.63, 3.8) is 0 Å². The van der Waals surface area contributed by atoms with Crippen LogP contribution in [-0.4, -0.2) is 15.8 Å². The molecule has 1 atom stereocenters. The Labute approximate surface area is 159 Å². The van der Waals surface area contributed by atoms with Crippen LogP contribution < -0.4 is 5.56 Å². The van der Waals surface area contributed by atoms with Gasteiger partial charge >= 0.3 is 6.18 Å². The minimum absolute atomic E-state index is 0.0312. The molecule has 0 unspecified atom stereocenters. The van der Waals surface area contributed by atoms with Crippen molar-refractivity contribution in [1.29, 1.82) is 0 Å². The Kier molecular flexibility index (Phi) is 5.41. The summed E-state index contributed by atoms with van der Waals surface area (Å²) >= 11 is 0. The number of ketones is 1. The summed E-state index contributed by atoms with van der Waals surface area (Å²) in [5.74, 6) is -1.76. The van der Waals surface area contributed by atoms with Crippen LogP contribution in [0.5, 0.6) is 0 Å². The van der Waals surface area contributed by atoms with E-state index in [4.69, 9.17) is 0 Å². The molecule has 1 aliphatic rings. The van der Waals surface area contributed by atoms with Gasteiger partial charge in [0.05, 0.1) is 5.56 Å². The maximum absolute atomic E-state index is 14.0. The number of hydrogen-bond donors (Lipinski definition) is 1. The highest BCUT2D eigenvalue weighted by Crippen LogP contribution is 2.38. The van der Waals surface area contributed by atoms with E-state index in [0.29, 0.717) is 17.5 Å². The van der Waals surface area contributed by atoms with Crippen molar-refractivity contribution in [1.82, 2.24) is 9.97 Å². The van der Waals surface area contributed by atoms with Crippen LogP contribution in [0.15, 0.2) is 29.1 Å². The standard InChI is InChI=1S/C20H20F4N2O2/c1-10(2)13(12-5-6-14(15(21)7-12)20(22,23)24)8-17(27)16-9-18(28)26-19(25-16)11-3-4-11/h5-7,9-11,13H,3-4,8H2,1-2H3,(H,25,26,28)/t13-/m1/s1. The molecule has 1 aliphatic carbocycles. The van der Waals surface area contributed by atoms with Crippen molar-refractivity contribution in [2.75, 3.05) is 0 Å². The molecule has 1 aromatic heterocycles. The normalized spacial score (nSPS) is 15.7. The molecule has 150 valence electrons. The van der Waals surface area contributed by atoms with E-state index in [-0.39, 0.29) is 24.0 Å². The third kappa shape index (κ3) is 4.48. The van der Waals surface area contributed by atoms with Crippen molar-refractivity contribution in [2.45, 2.75) is 51.1 Å². The first-order valence-electron chi connectivity index (χ1n) is 9.07. The van der Waals surface area contributed by atoms with Gasteiger partial charge in [-0.15, -0.1) is 0 Å². The first-order valence-corrected chi connectivity index (χ1v) is 9.07. The molecule has 0 saturated heterocycles. The van der Waals surface area contributed by atoms with E-state index in [0.717, 1.165) is 25.0 Å². The van der Waals surface area contributed by atoms with E-state index < -0.39 is 34.8 Å². The molecule has 0 aliphatic heterocycles. The summed E-state index contributed by atoms with van der Waals surface area (Å²) in [6, 6.07) is 3.85. The molecule has 0 spiro atoms. The first kappa shape index (κ1) is 20.2. The molecule has 1 N–H and O–H groups in total. The second kappa shape index (κ2) is 7.48. The number of rotatable bonds is 6. The number of nitrogens with zero attached hydrogens (tertiary/aromatic N) is 1. The number of aromatic amines is 1. The van der Waals surface area contributed by atoms with Crippen LogP contribution in [0.25, 0.3) is 0 Å². The molecule has 1 heterocycles. The fourth-order valence-electron chi connectivity index (χ4n) is 3.20. The van der Waals surface area contributed by atoms with Crippen LogP contribution in [-0.2, 0) is 6.18 Å². The monoisotopic (exact) mass is 396 g/mol. The van der Waals surface area contributed by atoms with Crippen LogP contribution in [0.2, 0.25) is 0 Å². The van der Waals surface area contributed by atoms with E-state index in [9.17, 15) is 27.2 Å². The minimum Gasteiger partial charge on any atom is -0.310 e. The Morgan fingerprint density at radius 2 is 1.93 bits per heavy atom.